The van der Waals surface area contributed by atoms with E-state index in [0.717, 1.165) is 17.0 Å². The zero-order valence-electron chi connectivity index (χ0n) is 9.65. The molecule has 0 atom stereocenters. The van der Waals surface area contributed by atoms with Crippen LogP contribution >= 0.6 is 11.3 Å². The van der Waals surface area contributed by atoms with Crippen LogP contribution in [0.3, 0.4) is 0 Å². The minimum atomic E-state index is -3.91. The van der Waals surface area contributed by atoms with Crippen molar-refractivity contribution in [3.05, 3.63) is 16.0 Å². The molecular weight excluding hydrogens is 278 g/mol. The summed E-state index contributed by atoms with van der Waals surface area (Å²) in [5, 5.41) is 8.31. The molecular formula is C9H13N3O4S2. The highest BCUT2D eigenvalue weighted by molar-refractivity contribution is 7.90. The van der Waals surface area contributed by atoms with Gasteiger partial charge < -0.3 is 10.1 Å². The van der Waals surface area contributed by atoms with Crippen LogP contribution in [0.2, 0.25) is 0 Å². The fourth-order valence-corrected chi connectivity index (χ4v) is 3.79. The van der Waals surface area contributed by atoms with E-state index in [1.54, 1.807) is 0 Å². The Hall–Kier alpha value is -1.16. The highest BCUT2D eigenvalue weighted by Crippen LogP contribution is 2.36. The van der Waals surface area contributed by atoms with E-state index in [1.807, 2.05) is 0 Å². The SMILES string of the molecule is COC(=O)c1c(NS(N)(=O)=O)sc2c1CCNC2. The zero-order chi connectivity index (χ0) is 13.3. The normalized spacial score (nSPS) is 15.0. The number of fused-ring (bicyclic) bond motifs is 1. The van der Waals surface area contributed by atoms with Gasteiger partial charge in [0.25, 0.3) is 10.2 Å². The lowest BCUT2D eigenvalue weighted by Gasteiger charge is -2.13. The van der Waals surface area contributed by atoms with Crippen LogP contribution in [0.4, 0.5) is 5.00 Å². The number of esters is 1. The molecule has 1 aromatic heterocycles. The van der Waals surface area contributed by atoms with E-state index in [4.69, 9.17) is 5.14 Å². The second-order valence-corrected chi connectivity index (χ2v) is 6.17. The van der Waals surface area contributed by atoms with Crippen molar-refractivity contribution in [3.63, 3.8) is 0 Å². The molecule has 0 fully saturated rings. The number of methoxy groups -OCH3 is 1. The smallest absolute Gasteiger partial charge is 0.341 e. The van der Waals surface area contributed by atoms with E-state index in [9.17, 15) is 13.2 Å². The average Bonchev–Trinajstić information content (AvgIpc) is 2.63. The van der Waals surface area contributed by atoms with Gasteiger partial charge in [0.05, 0.1) is 12.7 Å². The van der Waals surface area contributed by atoms with Crippen LogP contribution in [-0.2, 0) is 27.9 Å². The average molecular weight is 291 g/mol. The fourth-order valence-electron chi connectivity index (χ4n) is 1.85. The standard InChI is InChI=1S/C9H13N3O4S2/c1-16-9(13)7-5-2-3-11-4-6(5)17-8(7)12-18(10,14)15/h11-12H,2-4H2,1H3,(H2,10,14,15). The van der Waals surface area contributed by atoms with Crippen molar-refractivity contribution < 1.29 is 17.9 Å². The fraction of sp³-hybridized carbons (Fsp3) is 0.444. The maximum atomic E-state index is 11.7. The Bertz CT molecular complexity index is 579. The first kappa shape index (κ1) is 13.3. The van der Waals surface area contributed by atoms with Crippen LogP contribution in [0, 0.1) is 0 Å². The zero-order valence-corrected chi connectivity index (χ0v) is 11.3. The number of nitrogens with one attached hydrogen (secondary N) is 2. The molecule has 1 aliphatic heterocycles. The Morgan fingerprint density at radius 2 is 2.28 bits per heavy atom. The Morgan fingerprint density at radius 3 is 2.89 bits per heavy atom. The van der Waals surface area contributed by atoms with E-state index in [2.05, 4.69) is 14.8 Å². The number of hydrogen-bond acceptors (Lipinski definition) is 6. The van der Waals surface area contributed by atoms with Gasteiger partial charge in [-0.3, -0.25) is 4.72 Å². The summed E-state index contributed by atoms with van der Waals surface area (Å²) in [4.78, 5) is 12.7. The van der Waals surface area contributed by atoms with Crippen molar-refractivity contribution in [2.24, 2.45) is 5.14 Å². The lowest BCUT2D eigenvalue weighted by atomic mass is 10.0. The van der Waals surface area contributed by atoms with E-state index in [0.29, 0.717) is 13.0 Å². The molecule has 0 saturated carbocycles. The van der Waals surface area contributed by atoms with Gasteiger partial charge >= 0.3 is 5.97 Å². The summed E-state index contributed by atoms with van der Waals surface area (Å²) in [7, 11) is -2.65. The third kappa shape index (κ3) is 2.64. The largest absolute Gasteiger partial charge is 0.465 e. The highest BCUT2D eigenvalue weighted by Gasteiger charge is 2.27. The first-order valence-corrected chi connectivity index (χ1v) is 7.52. The lowest BCUT2D eigenvalue weighted by molar-refractivity contribution is 0.0601. The summed E-state index contributed by atoms with van der Waals surface area (Å²) in [6.07, 6.45) is 0.655. The maximum absolute atomic E-state index is 11.7. The number of carbonyl (C=O) groups is 1. The van der Waals surface area contributed by atoms with Gasteiger partial charge in [-0.15, -0.1) is 11.3 Å². The third-order valence-electron chi connectivity index (χ3n) is 2.55. The molecule has 0 radical (unpaired) electrons. The van der Waals surface area contributed by atoms with Crippen LogP contribution in [-0.4, -0.2) is 28.0 Å². The summed E-state index contributed by atoms with van der Waals surface area (Å²) in [5.41, 5.74) is 1.10. The number of anilines is 1. The first-order chi connectivity index (χ1) is 8.42. The summed E-state index contributed by atoms with van der Waals surface area (Å²) in [6, 6.07) is 0. The summed E-state index contributed by atoms with van der Waals surface area (Å²) in [6.45, 7) is 1.35. The topological polar surface area (TPSA) is 111 Å². The molecule has 18 heavy (non-hydrogen) atoms. The van der Waals surface area contributed by atoms with Crippen molar-refractivity contribution in [1.82, 2.24) is 5.32 Å². The van der Waals surface area contributed by atoms with Crippen LogP contribution < -0.4 is 15.2 Å². The van der Waals surface area contributed by atoms with Crippen LogP contribution in [0.15, 0.2) is 0 Å². The van der Waals surface area contributed by atoms with Crippen molar-refractivity contribution in [1.29, 1.82) is 0 Å². The number of thiophene rings is 1. The predicted octanol–water partition coefficient (Wildman–Crippen LogP) is -0.204. The number of nitrogens with two attached hydrogens (primary N) is 1. The Kier molecular flexibility index (Phi) is 3.57. The Balaban J connectivity index is 2.51. The second-order valence-electron chi connectivity index (χ2n) is 3.77. The number of carbonyl (C=O) groups excluding carboxylic acids is 1. The molecule has 7 nitrogen and oxygen atoms in total. The summed E-state index contributed by atoms with van der Waals surface area (Å²) in [5.74, 6) is -0.555. The van der Waals surface area contributed by atoms with Crippen LogP contribution in [0.5, 0.6) is 0 Å². The van der Waals surface area contributed by atoms with Crippen molar-refractivity contribution in [2.45, 2.75) is 13.0 Å². The second kappa shape index (κ2) is 4.84. The predicted molar refractivity (Wildman–Crippen MR) is 67.8 cm³/mol. The molecule has 1 aromatic rings. The molecule has 0 bridgehead atoms. The van der Waals surface area contributed by atoms with E-state index in [1.165, 1.54) is 18.4 Å². The maximum Gasteiger partial charge on any atom is 0.341 e. The molecule has 2 rings (SSSR count). The molecule has 0 amide bonds. The van der Waals surface area contributed by atoms with Gasteiger partial charge in [0.15, 0.2) is 0 Å². The molecule has 0 unspecified atom stereocenters. The van der Waals surface area contributed by atoms with Gasteiger partial charge in [-0.25, -0.2) is 9.93 Å². The molecule has 4 N–H and O–H groups in total. The monoisotopic (exact) mass is 291 g/mol. The van der Waals surface area contributed by atoms with Gasteiger partial charge in [-0.2, -0.15) is 8.42 Å². The number of hydrogen-bond donors (Lipinski definition) is 3. The number of ether oxygens (including phenoxy) is 1. The summed E-state index contributed by atoms with van der Waals surface area (Å²) < 4.78 is 29.0. The molecule has 0 spiro atoms. The van der Waals surface area contributed by atoms with E-state index < -0.39 is 16.2 Å². The molecule has 9 heteroatoms. The van der Waals surface area contributed by atoms with Crippen molar-refractivity contribution in [2.75, 3.05) is 18.4 Å². The molecule has 100 valence electrons. The molecule has 2 heterocycles. The van der Waals surface area contributed by atoms with Gasteiger partial charge in [-0.05, 0) is 18.5 Å². The summed E-state index contributed by atoms with van der Waals surface area (Å²) >= 11 is 1.20. The molecule has 0 aromatic carbocycles. The highest BCUT2D eigenvalue weighted by atomic mass is 32.2. The van der Waals surface area contributed by atoms with Gasteiger partial charge in [0.1, 0.15) is 5.00 Å². The van der Waals surface area contributed by atoms with Crippen LogP contribution in [0.25, 0.3) is 0 Å². The Labute approximate surface area is 109 Å². The molecule has 1 aliphatic rings. The third-order valence-corrected chi connectivity index (χ3v) is 4.32. The minimum absolute atomic E-state index is 0.220. The van der Waals surface area contributed by atoms with E-state index in [-0.39, 0.29) is 10.6 Å². The minimum Gasteiger partial charge on any atom is -0.465 e. The van der Waals surface area contributed by atoms with Crippen molar-refractivity contribution in [3.8, 4) is 0 Å². The Morgan fingerprint density at radius 1 is 1.56 bits per heavy atom. The van der Waals surface area contributed by atoms with Crippen LogP contribution in [0.1, 0.15) is 20.8 Å². The molecule has 0 saturated heterocycles. The quantitative estimate of drug-likeness (QED) is 0.668. The first-order valence-electron chi connectivity index (χ1n) is 5.16. The van der Waals surface area contributed by atoms with Crippen molar-refractivity contribution >= 4 is 32.5 Å². The van der Waals surface area contributed by atoms with Gasteiger partial charge in [0, 0.05) is 11.4 Å². The van der Waals surface area contributed by atoms with Gasteiger partial charge in [-0.1, -0.05) is 0 Å². The van der Waals surface area contributed by atoms with E-state index >= 15 is 0 Å². The lowest BCUT2D eigenvalue weighted by Crippen LogP contribution is -2.24. The van der Waals surface area contributed by atoms with Gasteiger partial charge in [0.2, 0.25) is 0 Å². The number of rotatable bonds is 3. The molecule has 0 aliphatic carbocycles.